The van der Waals surface area contributed by atoms with Gasteiger partial charge in [-0.15, -0.1) is 5.06 Å². The van der Waals surface area contributed by atoms with Crippen molar-refractivity contribution >= 4 is 44.4 Å². The monoisotopic (exact) mass is 471 g/mol. The van der Waals surface area contributed by atoms with E-state index in [1.54, 1.807) is 17.3 Å². The molecule has 0 atom stereocenters. The molecule has 0 aliphatic carbocycles. The molecule has 1 aliphatic rings. The van der Waals surface area contributed by atoms with E-state index in [0.29, 0.717) is 23.8 Å². The minimum Gasteiger partial charge on any atom is -0.367 e. The number of thioether (sulfide) groups is 1. The summed E-state index contributed by atoms with van der Waals surface area (Å²) in [6, 6.07) is 13.7. The van der Waals surface area contributed by atoms with Crippen LogP contribution in [-0.2, 0) is 9.63 Å². The van der Waals surface area contributed by atoms with E-state index in [9.17, 15) is 10.1 Å². The summed E-state index contributed by atoms with van der Waals surface area (Å²) in [6.07, 6.45) is 1.71. The quantitative estimate of drug-likeness (QED) is 0.572. The molecule has 29 heavy (non-hydrogen) atoms. The third-order valence-electron chi connectivity index (χ3n) is 4.57. The molecule has 0 bridgehead atoms. The number of piperazine rings is 1. The Morgan fingerprint density at radius 1 is 1.24 bits per heavy atom. The summed E-state index contributed by atoms with van der Waals surface area (Å²) in [4.78, 5) is 22.1. The van der Waals surface area contributed by atoms with Crippen molar-refractivity contribution in [2.75, 3.05) is 31.9 Å². The average molecular weight is 472 g/mol. The molecule has 0 amide bonds. The molecule has 4 rings (SSSR count). The number of rotatable bonds is 5. The van der Waals surface area contributed by atoms with Crippen LogP contribution < -0.4 is 5.32 Å². The van der Waals surface area contributed by atoms with Gasteiger partial charge in [-0.1, -0.05) is 36.0 Å². The summed E-state index contributed by atoms with van der Waals surface area (Å²) in [5, 5.41) is 16.8. The van der Waals surface area contributed by atoms with Gasteiger partial charge in [0.2, 0.25) is 0 Å². The Bertz CT molecular complexity index is 1090. The van der Waals surface area contributed by atoms with Gasteiger partial charge in [0.05, 0.1) is 23.5 Å². The van der Waals surface area contributed by atoms with Gasteiger partial charge < -0.3 is 10.2 Å². The molecule has 0 saturated carbocycles. The van der Waals surface area contributed by atoms with E-state index < -0.39 is 0 Å². The van der Waals surface area contributed by atoms with Gasteiger partial charge >= 0.3 is 5.97 Å². The fraction of sp³-hybridized carbons (Fsp3) is 0.250. The van der Waals surface area contributed by atoms with Gasteiger partial charge in [-0.05, 0) is 28.1 Å². The van der Waals surface area contributed by atoms with Crippen LogP contribution in [0.15, 0.2) is 52.4 Å². The minimum absolute atomic E-state index is 0.154. The number of halogens is 1. The molecule has 1 N–H and O–H groups in total. The van der Waals surface area contributed by atoms with Crippen LogP contribution in [0.4, 0.5) is 0 Å². The Balaban J connectivity index is 1.58. The van der Waals surface area contributed by atoms with Crippen LogP contribution in [0.25, 0.3) is 16.5 Å². The number of nitrogens with one attached hydrogen (secondary N) is 1. The van der Waals surface area contributed by atoms with E-state index in [2.05, 4.69) is 32.3 Å². The molecule has 1 saturated heterocycles. The van der Waals surface area contributed by atoms with Gasteiger partial charge in [-0.25, -0.2) is 9.78 Å². The number of benzene rings is 2. The lowest BCUT2D eigenvalue weighted by molar-refractivity contribution is -0.189. The predicted octanol–water partition coefficient (Wildman–Crippen LogP) is 3.12. The second kappa shape index (κ2) is 8.97. The molecule has 3 aromatic rings. The topological polar surface area (TPSA) is 83.2 Å². The first-order valence-corrected chi connectivity index (χ1v) is 10.9. The van der Waals surface area contributed by atoms with Gasteiger partial charge in [-0.2, -0.15) is 5.26 Å². The second-order valence-electron chi connectivity index (χ2n) is 6.42. The van der Waals surface area contributed by atoms with E-state index in [0.717, 1.165) is 34.2 Å². The number of hydrogen-bond donors (Lipinski definition) is 1. The lowest BCUT2D eigenvalue weighted by atomic mass is 10.0. The number of fused-ring (bicyclic) bond motifs is 1. The lowest BCUT2D eigenvalue weighted by Gasteiger charge is -2.25. The molecular formula is C20H18BrN5O2S. The molecule has 0 radical (unpaired) electrons. The predicted molar refractivity (Wildman–Crippen MR) is 115 cm³/mol. The molecular weight excluding hydrogens is 454 g/mol. The normalized spacial score (nSPS) is 14.6. The van der Waals surface area contributed by atoms with Crippen molar-refractivity contribution in [2.24, 2.45) is 0 Å². The standard InChI is InChI=1S/C20H18BrN5O2S/c21-18-12-24-20(29-13-19(27)28-25-9-7-23-8-10-25)26(18)17-6-5-14(11-22)15-3-1-2-4-16(15)17/h1-6,12,23H,7-10,13H2. The van der Waals surface area contributed by atoms with Crippen LogP contribution in [0.3, 0.4) is 0 Å². The highest BCUT2D eigenvalue weighted by atomic mass is 79.9. The Kier molecular flexibility index (Phi) is 6.16. The second-order valence-corrected chi connectivity index (χ2v) is 8.17. The first-order chi connectivity index (χ1) is 14.2. The summed E-state index contributed by atoms with van der Waals surface area (Å²) in [5.74, 6) is -0.144. The van der Waals surface area contributed by atoms with Crippen molar-refractivity contribution in [3.8, 4) is 11.8 Å². The van der Waals surface area contributed by atoms with Crippen molar-refractivity contribution in [1.82, 2.24) is 19.9 Å². The van der Waals surface area contributed by atoms with E-state index in [1.807, 2.05) is 34.9 Å². The zero-order valence-electron chi connectivity index (χ0n) is 15.5. The van der Waals surface area contributed by atoms with Crippen LogP contribution in [0.5, 0.6) is 0 Å². The van der Waals surface area contributed by atoms with Crippen molar-refractivity contribution < 1.29 is 9.63 Å². The maximum absolute atomic E-state index is 12.2. The zero-order valence-corrected chi connectivity index (χ0v) is 17.9. The van der Waals surface area contributed by atoms with Crippen LogP contribution in [0, 0.1) is 11.3 Å². The zero-order chi connectivity index (χ0) is 20.2. The van der Waals surface area contributed by atoms with E-state index in [-0.39, 0.29) is 11.7 Å². The highest BCUT2D eigenvalue weighted by Gasteiger charge is 2.18. The third-order valence-corrected chi connectivity index (χ3v) is 6.06. The van der Waals surface area contributed by atoms with Crippen LogP contribution in [0.2, 0.25) is 0 Å². The summed E-state index contributed by atoms with van der Waals surface area (Å²) < 4.78 is 2.71. The molecule has 1 aliphatic heterocycles. The molecule has 2 heterocycles. The van der Waals surface area contributed by atoms with Crippen LogP contribution in [0.1, 0.15) is 5.56 Å². The average Bonchev–Trinajstić information content (AvgIpc) is 3.12. The Morgan fingerprint density at radius 2 is 2.00 bits per heavy atom. The van der Waals surface area contributed by atoms with Crippen LogP contribution in [-0.4, -0.2) is 52.5 Å². The Labute approximate surface area is 180 Å². The van der Waals surface area contributed by atoms with Crippen molar-refractivity contribution in [1.29, 1.82) is 5.26 Å². The summed E-state index contributed by atoms with van der Waals surface area (Å²) in [7, 11) is 0. The molecule has 9 heteroatoms. The van der Waals surface area contributed by atoms with Crippen LogP contribution >= 0.6 is 27.7 Å². The number of nitriles is 1. The highest BCUT2D eigenvalue weighted by Crippen LogP contribution is 2.32. The van der Waals surface area contributed by atoms with Crippen molar-refractivity contribution in [3.63, 3.8) is 0 Å². The fourth-order valence-corrected chi connectivity index (χ4v) is 4.57. The summed E-state index contributed by atoms with van der Waals surface area (Å²) in [5.41, 5.74) is 1.51. The summed E-state index contributed by atoms with van der Waals surface area (Å²) >= 11 is 4.87. The first-order valence-electron chi connectivity index (χ1n) is 9.12. The number of aromatic nitrogens is 2. The molecule has 0 spiro atoms. The van der Waals surface area contributed by atoms with E-state index >= 15 is 0 Å². The number of hydroxylamine groups is 2. The largest absolute Gasteiger partial charge is 0.367 e. The van der Waals surface area contributed by atoms with E-state index in [4.69, 9.17) is 4.84 Å². The number of imidazole rings is 1. The molecule has 148 valence electrons. The fourth-order valence-electron chi connectivity index (χ4n) is 3.24. The molecule has 0 unspecified atom stereocenters. The SMILES string of the molecule is N#Cc1ccc(-n2c(Br)cnc2SCC(=O)ON2CCNCC2)c2ccccc12. The van der Waals surface area contributed by atoms with Gasteiger partial charge in [0, 0.05) is 37.0 Å². The number of carbonyl (C=O) groups excluding carboxylic acids is 1. The molecule has 2 aromatic carbocycles. The van der Waals surface area contributed by atoms with Gasteiger partial charge in [0.15, 0.2) is 5.16 Å². The maximum atomic E-state index is 12.2. The Hall–Kier alpha value is -2.38. The minimum atomic E-state index is -0.299. The Morgan fingerprint density at radius 3 is 2.76 bits per heavy atom. The van der Waals surface area contributed by atoms with Gasteiger partial charge in [-0.3, -0.25) is 4.57 Å². The number of nitrogens with zero attached hydrogens (tertiary/aromatic N) is 4. The maximum Gasteiger partial charge on any atom is 0.335 e. The smallest absolute Gasteiger partial charge is 0.335 e. The third kappa shape index (κ3) is 4.31. The highest BCUT2D eigenvalue weighted by molar-refractivity contribution is 9.10. The molecule has 1 fully saturated rings. The lowest BCUT2D eigenvalue weighted by Crippen LogP contribution is -2.44. The number of hydrogen-bond acceptors (Lipinski definition) is 7. The first kappa shape index (κ1) is 19.9. The van der Waals surface area contributed by atoms with Gasteiger partial charge in [0.25, 0.3) is 0 Å². The van der Waals surface area contributed by atoms with Crippen molar-refractivity contribution in [3.05, 3.63) is 52.8 Å². The van der Waals surface area contributed by atoms with Crippen molar-refractivity contribution in [2.45, 2.75) is 5.16 Å². The summed E-state index contributed by atoms with van der Waals surface area (Å²) in [6.45, 7) is 2.99. The van der Waals surface area contributed by atoms with E-state index in [1.165, 1.54) is 11.8 Å². The number of carbonyl (C=O) groups is 1. The molecule has 1 aromatic heterocycles. The molecule has 7 nitrogen and oxygen atoms in total. The van der Waals surface area contributed by atoms with Gasteiger partial charge in [0.1, 0.15) is 10.4 Å².